The molecule has 1 rings (SSSR count). The number of nitrogens with two attached hydrogens (primary N) is 1. The first-order valence-electron chi connectivity index (χ1n) is 5.50. The second-order valence-corrected chi connectivity index (χ2v) is 4.51. The molecule has 94 valence electrons. The van der Waals surface area contributed by atoms with Crippen molar-refractivity contribution >= 4 is 5.97 Å². The first kappa shape index (κ1) is 13.5. The lowest BCUT2D eigenvalue weighted by molar-refractivity contribution is -0.152. The quantitative estimate of drug-likeness (QED) is 0.792. The summed E-state index contributed by atoms with van der Waals surface area (Å²) in [6.45, 7) is 4.36. The molecular weight excluding hydrogens is 218 g/mol. The number of benzene rings is 1. The fourth-order valence-corrected chi connectivity index (χ4v) is 1.32. The fourth-order valence-electron chi connectivity index (χ4n) is 1.32. The van der Waals surface area contributed by atoms with Crippen molar-refractivity contribution in [2.45, 2.75) is 20.4 Å². The van der Waals surface area contributed by atoms with Crippen molar-refractivity contribution in [1.82, 2.24) is 0 Å². The molecule has 1 aromatic carbocycles. The van der Waals surface area contributed by atoms with Crippen LogP contribution in [0, 0.1) is 5.41 Å². The zero-order valence-corrected chi connectivity index (χ0v) is 10.5. The van der Waals surface area contributed by atoms with E-state index in [9.17, 15) is 4.79 Å². The topological polar surface area (TPSA) is 61.5 Å². The summed E-state index contributed by atoms with van der Waals surface area (Å²) in [5, 5.41) is 0. The molecule has 0 heterocycles. The van der Waals surface area contributed by atoms with Gasteiger partial charge in [0.05, 0.1) is 12.5 Å². The smallest absolute Gasteiger partial charge is 0.314 e. The summed E-state index contributed by atoms with van der Waals surface area (Å²) in [7, 11) is 1.38. The third-order valence-electron chi connectivity index (χ3n) is 2.50. The first-order valence-corrected chi connectivity index (χ1v) is 5.50. The summed E-state index contributed by atoms with van der Waals surface area (Å²) in [4.78, 5) is 11.4. The molecule has 0 aliphatic rings. The van der Waals surface area contributed by atoms with E-state index in [1.165, 1.54) is 7.11 Å². The first-order chi connectivity index (χ1) is 7.99. The normalized spacial score (nSPS) is 11.1. The summed E-state index contributed by atoms with van der Waals surface area (Å²) >= 11 is 0. The molecular formula is C13H19NO3. The van der Waals surface area contributed by atoms with Crippen molar-refractivity contribution in [3.8, 4) is 5.75 Å². The Hall–Kier alpha value is -1.55. The fraction of sp³-hybridized carbons (Fsp3) is 0.462. The Labute approximate surface area is 102 Å². The highest BCUT2D eigenvalue weighted by molar-refractivity contribution is 5.75. The molecule has 0 amide bonds. The van der Waals surface area contributed by atoms with Crippen LogP contribution in [0.1, 0.15) is 19.4 Å². The van der Waals surface area contributed by atoms with Crippen molar-refractivity contribution in [3.63, 3.8) is 0 Å². The minimum absolute atomic E-state index is 0.279. The van der Waals surface area contributed by atoms with Gasteiger partial charge in [0.2, 0.25) is 0 Å². The highest BCUT2D eigenvalue weighted by atomic mass is 16.5. The van der Waals surface area contributed by atoms with E-state index < -0.39 is 5.41 Å². The van der Waals surface area contributed by atoms with Gasteiger partial charge >= 0.3 is 5.97 Å². The van der Waals surface area contributed by atoms with Crippen LogP contribution in [-0.2, 0) is 16.1 Å². The van der Waals surface area contributed by atoms with Gasteiger partial charge in [0.25, 0.3) is 0 Å². The van der Waals surface area contributed by atoms with Crippen molar-refractivity contribution < 1.29 is 14.3 Å². The summed E-state index contributed by atoms with van der Waals surface area (Å²) in [6.07, 6.45) is 0. The van der Waals surface area contributed by atoms with Gasteiger partial charge in [0.1, 0.15) is 12.4 Å². The Morgan fingerprint density at radius 3 is 2.35 bits per heavy atom. The molecule has 0 fully saturated rings. The lowest BCUT2D eigenvalue weighted by Crippen LogP contribution is -2.32. The van der Waals surface area contributed by atoms with Crippen LogP contribution < -0.4 is 10.5 Å². The summed E-state index contributed by atoms with van der Waals surface area (Å²) in [6, 6.07) is 7.49. The van der Waals surface area contributed by atoms with Crippen LogP contribution >= 0.6 is 0 Å². The molecule has 17 heavy (non-hydrogen) atoms. The van der Waals surface area contributed by atoms with E-state index in [0.717, 1.165) is 11.3 Å². The standard InChI is InChI=1S/C13H19NO3/c1-13(2,12(15)16-3)9-17-11-6-4-10(8-14)5-7-11/h4-7H,8-9,14H2,1-3H3. The van der Waals surface area contributed by atoms with Gasteiger partial charge in [-0.3, -0.25) is 4.79 Å². The second-order valence-electron chi connectivity index (χ2n) is 4.51. The predicted molar refractivity (Wildman–Crippen MR) is 65.6 cm³/mol. The number of hydrogen-bond acceptors (Lipinski definition) is 4. The number of hydrogen-bond donors (Lipinski definition) is 1. The minimum Gasteiger partial charge on any atom is -0.492 e. The Bertz CT molecular complexity index is 371. The number of esters is 1. The van der Waals surface area contributed by atoms with Crippen LogP contribution in [0.3, 0.4) is 0 Å². The van der Waals surface area contributed by atoms with Crippen molar-refractivity contribution in [2.24, 2.45) is 11.1 Å². The lowest BCUT2D eigenvalue weighted by atomic mass is 9.95. The lowest BCUT2D eigenvalue weighted by Gasteiger charge is -2.21. The molecule has 2 N–H and O–H groups in total. The number of carbonyl (C=O) groups is 1. The van der Waals surface area contributed by atoms with Crippen LogP contribution in [0.15, 0.2) is 24.3 Å². The maximum absolute atomic E-state index is 11.4. The molecule has 0 spiro atoms. The van der Waals surface area contributed by atoms with Crippen LogP contribution in [0.5, 0.6) is 5.75 Å². The van der Waals surface area contributed by atoms with E-state index >= 15 is 0 Å². The molecule has 0 bridgehead atoms. The van der Waals surface area contributed by atoms with E-state index in [2.05, 4.69) is 0 Å². The molecule has 0 aromatic heterocycles. The number of rotatable bonds is 5. The van der Waals surface area contributed by atoms with Gasteiger partial charge in [-0.15, -0.1) is 0 Å². The molecule has 0 saturated carbocycles. The van der Waals surface area contributed by atoms with Gasteiger partial charge in [-0.25, -0.2) is 0 Å². The van der Waals surface area contributed by atoms with Crippen molar-refractivity contribution in [3.05, 3.63) is 29.8 Å². The average Bonchev–Trinajstić information content (AvgIpc) is 2.36. The third-order valence-corrected chi connectivity index (χ3v) is 2.50. The van der Waals surface area contributed by atoms with E-state index in [0.29, 0.717) is 6.54 Å². The van der Waals surface area contributed by atoms with Gasteiger partial charge in [0.15, 0.2) is 0 Å². The number of carbonyl (C=O) groups excluding carboxylic acids is 1. The van der Waals surface area contributed by atoms with E-state index in [1.807, 2.05) is 24.3 Å². The molecule has 4 heteroatoms. The zero-order chi connectivity index (χ0) is 12.9. The molecule has 0 saturated heterocycles. The molecule has 0 atom stereocenters. The molecule has 0 aliphatic carbocycles. The zero-order valence-electron chi connectivity index (χ0n) is 10.5. The van der Waals surface area contributed by atoms with Gasteiger partial charge in [-0.2, -0.15) is 0 Å². The second kappa shape index (κ2) is 5.68. The molecule has 0 radical (unpaired) electrons. The van der Waals surface area contributed by atoms with E-state index in [-0.39, 0.29) is 12.6 Å². The third kappa shape index (κ3) is 3.75. The van der Waals surface area contributed by atoms with Gasteiger partial charge < -0.3 is 15.2 Å². The molecule has 4 nitrogen and oxygen atoms in total. The van der Waals surface area contributed by atoms with Crippen LogP contribution in [0.2, 0.25) is 0 Å². The predicted octanol–water partition coefficient (Wildman–Crippen LogP) is 1.72. The number of methoxy groups -OCH3 is 1. The van der Waals surface area contributed by atoms with Crippen LogP contribution in [-0.4, -0.2) is 19.7 Å². The van der Waals surface area contributed by atoms with E-state index in [1.54, 1.807) is 13.8 Å². The molecule has 1 aromatic rings. The molecule has 0 aliphatic heterocycles. The van der Waals surface area contributed by atoms with Crippen molar-refractivity contribution in [1.29, 1.82) is 0 Å². The Kier molecular flexibility index (Phi) is 4.52. The Balaban J connectivity index is 2.57. The Morgan fingerprint density at radius 1 is 1.29 bits per heavy atom. The van der Waals surface area contributed by atoms with Crippen LogP contribution in [0.4, 0.5) is 0 Å². The van der Waals surface area contributed by atoms with Crippen LogP contribution in [0.25, 0.3) is 0 Å². The van der Waals surface area contributed by atoms with Gasteiger partial charge in [-0.05, 0) is 31.5 Å². The largest absolute Gasteiger partial charge is 0.492 e. The SMILES string of the molecule is COC(=O)C(C)(C)COc1ccc(CN)cc1. The monoisotopic (exact) mass is 237 g/mol. The summed E-state index contributed by atoms with van der Waals surface area (Å²) < 4.78 is 10.3. The van der Waals surface area contributed by atoms with Crippen molar-refractivity contribution in [2.75, 3.05) is 13.7 Å². The van der Waals surface area contributed by atoms with E-state index in [4.69, 9.17) is 15.2 Å². The highest BCUT2D eigenvalue weighted by Gasteiger charge is 2.29. The average molecular weight is 237 g/mol. The highest BCUT2D eigenvalue weighted by Crippen LogP contribution is 2.20. The summed E-state index contributed by atoms with van der Waals surface area (Å²) in [5.41, 5.74) is 5.89. The molecule has 0 unspecified atom stereocenters. The Morgan fingerprint density at radius 2 is 1.88 bits per heavy atom. The maximum atomic E-state index is 11.4. The van der Waals surface area contributed by atoms with Gasteiger partial charge in [0, 0.05) is 6.54 Å². The minimum atomic E-state index is -0.651. The van der Waals surface area contributed by atoms with Gasteiger partial charge in [-0.1, -0.05) is 12.1 Å². The summed E-state index contributed by atoms with van der Waals surface area (Å²) in [5.74, 6) is 0.440. The number of ether oxygens (including phenoxy) is 2. The maximum Gasteiger partial charge on any atom is 0.314 e.